The lowest BCUT2D eigenvalue weighted by molar-refractivity contribution is -0.117. The molecule has 30 heavy (non-hydrogen) atoms. The first-order chi connectivity index (χ1) is 14.3. The Hall–Kier alpha value is -3.40. The number of benzene rings is 1. The standard InChI is InChI=1S/C23H27N5O2/c1-14-7-5-8-21(26-14)27-22-15(2)16(3)28(17(4)29)20-10-9-18(13-19(20)22)23(30)25-12-6-11-24/h5,7-10,13,15-16,22H,6,12H2,1-4H3,(H,25,30)(H,26,27). The zero-order chi connectivity index (χ0) is 21.8. The van der Waals surface area contributed by atoms with Crippen molar-refractivity contribution in [1.29, 1.82) is 5.26 Å². The van der Waals surface area contributed by atoms with Crippen LogP contribution in [0.4, 0.5) is 11.5 Å². The van der Waals surface area contributed by atoms with Gasteiger partial charge in [0, 0.05) is 42.4 Å². The third kappa shape index (κ3) is 4.28. The van der Waals surface area contributed by atoms with Crippen molar-refractivity contribution >= 4 is 23.3 Å². The van der Waals surface area contributed by atoms with Crippen LogP contribution in [-0.2, 0) is 4.79 Å². The summed E-state index contributed by atoms with van der Waals surface area (Å²) in [6.45, 7) is 7.93. The Morgan fingerprint density at radius 2 is 2.00 bits per heavy atom. The molecular weight excluding hydrogens is 378 g/mol. The fourth-order valence-electron chi connectivity index (χ4n) is 3.96. The van der Waals surface area contributed by atoms with Gasteiger partial charge in [-0.3, -0.25) is 9.59 Å². The zero-order valence-electron chi connectivity index (χ0n) is 17.8. The topological polar surface area (TPSA) is 98.1 Å². The average molecular weight is 406 g/mol. The van der Waals surface area contributed by atoms with Crippen molar-refractivity contribution < 1.29 is 9.59 Å². The quantitative estimate of drug-likeness (QED) is 0.741. The monoisotopic (exact) mass is 405 g/mol. The minimum absolute atomic E-state index is 0.0207. The van der Waals surface area contributed by atoms with Crippen LogP contribution in [0, 0.1) is 24.2 Å². The first-order valence-corrected chi connectivity index (χ1v) is 10.1. The second-order valence-corrected chi connectivity index (χ2v) is 7.71. The lowest BCUT2D eigenvalue weighted by atomic mass is 9.82. The molecule has 0 spiro atoms. The molecule has 2 aromatic rings. The predicted octanol–water partition coefficient (Wildman–Crippen LogP) is 3.58. The molecule has 1 aliphatic rings. The smallest absolute Gasteiger partial charge is 0.251 e. The number of pyridine rings is 1. The Bertz CT molecular complexity index is 997. The molecule has 0 aliphatic carbocycles. The lowest BCUT2D eigenvalue weighted by Crippen LogP contribution is -2.48. The number of nitriles is 1. The molecule has 3 atom stereocenters. The first-order valence-electron chi connectivity index (χ1n) is 10.1. The molecular formula is C23H27N5O2. The van der Waals surface area contributed by atoms with Gasteiger partial charge in [-0.05, 0) is 49.7 Å². The summed E-state index contributed by atoms with van der Waals surface area (Å²) in [5.74, 6) is 0.570. The molecule has 2 heterocycles. The largest absolute Gasteiger partial charge is 0.363 e. The Balaban J connectivity index is 2.02. The van der Waals surface area contributed by atoms with Gasteiger partial charge in [0.15, 0.2) is 0 Å². The summed E-state index contributed by atoms with van der Waals surface area (Å²) in [4.78, 5) is 31.3. The van der Waals surface area contributed by atoms with Gasteiger partial charge in [0.1, 0.15) is 5.82 Å². The van der Waals surface area contributed by atoms with Crippen molar-refractivity contribution in [3.63, 3.8) is 0 Å². The second kappa shape index (κ2) is 8.95. The van der Waals surface area contributed by atoms with Crippen molar-refractivity contribution in [2.45, 2.75) is 46.2 Å². The van der Waals surface area contributed by atoms with E-state index in [9.17, 15) is 9.59 Å². The van der Waals surface area contributed by atoms with E-state index in [4.69, 9.17) is 5.26 Å². The summed E-state index contributed by atoms with van der Waals surface area (Å²) in [5.41, 5.74) is 3.09. The van der Waals surface area contributed by atoms with Crippen LogP contribution in [0.1, 0.15) is 54.8 Å². The highest BCUT2D eigenvalue weighted by Crippen LogP contribution is 2.42. The molecule has 3 unspecified atom stereocenters. The molecule has 7 heteroatoms. The molecule has 0 bridgehead atoms. The number of rotatable bonds is 5. The highest BCUT2D eigenvalue weighted by Gasteiger charge is 2.38. The van der Waals surface area contributed by atoms with Gasteiger partial charge in [-0.1, -0.05) is 13.0 Å². The van der Waals surface area contributed by atoms with Gasteiger partial charge < -0.3 is 15.5 Å². The van der Waals surface area contributed by atoms with E-state index in [-0.39, 0.29) is 36.2 Å². The normalized spacial score (nSPS) is 20.1. The van der Waals surface area contributed by atoms with Crippen LogP contribution in [0.2, 0.25) is 0 Å². The molecule has 3 rings (SSSR count). The highest BCUT2D eigenvalue weighted by molar-refractivity contribution is 5.98. The maximum absolute atomic E-state index is 12.5. The number of nitrogens with one attached hydrogen (secondary N) is 2. The average Bonchev–Trinajstić information content (AvgIpc) is 2.71. The first kappa shape index (κ1) is 21.3. The Morgan fingerprint density at radius 1 is 1.23 bits per heavy atom. The van der Waals surface area contributed by atoms with Gasteiger partial charge >= 0.3 is 0 Å². The van der Waals surface area contributed by atoms with Gasteiger partial charge in [-0.15, -0.1) is 0 Å². The van der Waals surface area contributed by atoms with Crippen LogP contribution < -0.4 is 15.5 Å². The van der Waals surface area contributed by atoms with Crippen LogP contribution in [0.25, 0.3) is 0 Å². The number of anilines is 2. The summed E-state index contributed by atoms with van der Waals surface area (Å²) in [7, 11) is 0. The molecule has 7 nitrogen and oxygen atoms in total. The summed E-state index contributed by atoms with van der Waals surface area (Å²) >= 11 is 0. The summed E-state index contributed by atoms with van der Waals surface area (Å²) in [6.07, 6.45) is 0.257. The fourth-order valence-corrected chi connectivity index (χ4v) is 3.96. The number of nitrogens with zero attached hydrogens (tertiary/aromatic N) is 3. The maximum atomic E-state index is 12.5. The molecule has 1 aromatic carbocycles. The highest BCUT2D eigenvalue weighted by atomic mass is 16.2. The van der Waals surface area contributed by atoms with Gasteiger partial charge in [0.2, 0.25) is 5.91 Å². The molecule has 0 saturated heterocycles. The molecule has 0 fully saturated rings. The number of aryl methyl sites for hydroxylation is 1. The SMILES string of the molecule is CC(=O)N1c2ccc(C(=O)NCCC#N)cc2C(Nc2cccc(C)n2)C(C)C1C. The van der Waals surface area contributed by atoms with E-state index in [1.54, 1.807) is 17.9 Å². The third-order valence-corrected chi connectivity index (χ3v) is 5.63. The van der Waals surface area contributed by atoms with E-state index in [1.807, 2.05) is 50.2 Å². The van der Waals surface area contributed by atoms with Crippen LogP contribution in [-0.4, -0.2) is 29.4 Å². The summed E-state index contributed by atoms with van der Waals surface area (Å²) in [6, 6.07) is 13.1. The molecule has 0 saturated carbocycles. The molecule has 2 amide bonds. The molecule has 1 aromatic heterocycles. The number of carbonyl (C=O) groups excluding carboxylic acids is 2. The van der Waals surface area contributed by atoms with Crippen molar-refractivity contribution in [2.75, 3.05) is 16.8 Å². The predicted molar refractivity (Wildman–Crippen MR) is 116 cm³/mol. The Kier molecular flexibility index (Phi) is 6.36. The summed E-state index contributed by atoms with van der Waals surface area (Å²) in [5, 5.41) is 15.0. The van der Waals surface area contributed by atoms with E-state index in [0.717, 1.165) is 22.8 Å². The number of hydrogen-bond donors (Lipinski definition) is 2. The number of carbonyl (C=O) groups is 2. The van der Waals surface area contributed by atoms with Crippen LogP contribution in [0.3, 0.4) is 0 Å². The van der Waals surface area contributed by atoms with Gasteiger partial charge in [-0.25, -0.2) is 4.98 Å². The lowest BCUT2D eigenvalue weighted by Gasteiger charge is -2.44. The van der Waals surface area contributed by atoms with Gasteiger partial charge in [-0.2, -0.15) is 5.26 Å². The van der Waals surface area contributed by atoms with Gasteiger partial charge in [0.05, 0.1) is 18.5 Å². The van der Waals surface area contributed by atoms with Crippen molar-refractivity contribution in [1.82, 2.24) is 10.3 Å². The van der Waals surface area contributed by atoms with E-state index in [2.05, 4.69) is 22.5 Å². The number of hydrogen-bond acceptors (Lipinski definition) is 5. The van der Waals surface area contributed by atoms with E-state index < -0.39 is 0 Å². The van der Waals surface area contributed by atoms with Crippen LogP contribution >= 0.6 is 0 Å². The van der Waals surface area contributed by atoms with E-state index in [0.29, 0.717) is 12.1 Å². The minimum atomic E-state index is -0.235. The molecule has 1 aliphatic heterocycles. The van der Waals surface area contributed by atoms with Crippen molar-refractivity contribution in [3.05, 3.63) is 53.2 Å². The Labute approximate surface area is 177 Å². The number of aromatic nitrogens is 1. The molecule has 0 radical (unpaired) electrons. The van der Waals surface area contributed by atoms with Crippen molar-refractivity contribution in [3.8, 4) is 6.07 Å². The zero-order valence-corrected chi connectivity index (χ0v) is 17.8. The second-order valence-electron chi connectivity index (χ2n) is 7.71. The number of fused-ring (bicyclic) bond motifs is 1. The Morgan fingerprint density at radius 3 is 2.67 bits per heavy atom. The van der Waals surface area contributed by atoms with E-state index >= 15 is 0 Å². The van der Waals surface area contributed by atoms with E-state index in [1.165, 1.54) is 0 Å². The van der Waals surface area contributed by atoms with Crippen molar-refractivity contribution in [2.24, 2.45) is 5.92 Å². The van der Waals surface area contributed by atoms with Gasteiger partial charge in [0.25, 0.3) is 5.91 Å². The molecule has 2 N–H and O–H groups in total. The maximum Gasteiger partial charge on any atom is 0.251 e. The van der Waals surface area contributed by atoms with Crippen LogP contribution in [0.5, 0.6) is 0 Å². The van der Waals surface area contributed by atoms with Crippen LogP contribution in [0.15, 0.2) is 36.4 Å². The minimum Gasteiger partial charge on any atom is -0.363 e. The third-order valence-electron chi connectivity index (χ3n) is 5.63. The molecule has 156 valence electrons. The summed E-state index contributed by atoms with van der Waals surface area (Å²) < 4.78 is 0. The number of amides is 2. The fraction of sp³-hybridized carbons (Fsp3) is 0.391.